The van der Waals surface area contributed by atoms with E-state index in [0.717, 1.165) is 47.1 Å². The number of hydrogen-bond acceptors (Lipinski definition) is 6. The number of carbonyl (C=O) groups is 1. The van der Waals surface area contributed by atoms with Crippen LogP contribution in [0, 0.1) is 5.82 Å². The highest BCUT2D eigenvalue weighted by atomic mass is 32.2. The number of halogens is 1. The van der Waals surface area contributed by atoms with Gasteiger partial charge < -0.3 is 10.6 Å². The van der Waals surface area contributed by atoms with E-state index >= 15 is 0 Å². The van der Waals surface area contributed by atoms with Crippen molar-refractivity contribution in [3.05, 3.63) is 41.8 Å². The number of hydrogen-bond donors (Lipinski definition) is 2. The fraction of sp³-hybridized carbons (Fsp3) is 0.400. The van der Waals surface area contributed by atoms with Crippen LogP contribution in [-0.4, -0.2) is 44.5 Å². The molecule has 29 heavy (non-hydrogen) atoms. The molecule has 0 unspecified atom stereocenters. The molecule has 1 amide bonds. The first-order chi connectivity index (χ1) is 14.1. The van der Waals surface area contributed by atoms with Gasteiger partial charge in [-0.25, -0.2) is 19.0 Å². The average molecular weight is 417 g/mol. The lowest BCUT2D eigenvalue weighted by atomic mass is 10.2. The Morgan fingerprint density at radius 2 is 1.93 bits per heavy atom. The standard InChI is InChI=1S/C20H25FN6OS/c1-3-9-22-17-16-13-24-27(18(16)26-20(25-17)29-12-4-2)11-10-23-19(28)14-5-7-15(21)8-6-14/h5-8,13H,3-4,9-12H2,1-2H3,(H,23,28)(H,22,25,26). The second kappa shape index (κ2) is 10.2. The van der Waals surface area contributed by atoms with Crippen molar-refractivity contribution in [2.45, 2.75) is 38.4 Å². The number of fused-ring (bicyclic) bond motifs is 1. The summed E-state index contributed by atoms with van der Waals surface area (Å²) >= 11 is 1.62. The molecule has 1 aromatic carbocycles. The molecule has 0 fully saturated rings. The van der Waals surface area contributed by atoms with Crippen LogP contribution in [0.3, 0.4) is 0 Å². The number of nitrogens with one attached hydrogen (secondary N) is 2. The highest BCUT2D eigenvalue weighted by Gasteiger charge is 2.13. The lowest BCUT2D eigenvalue weighted by Gasteiger charge is -2.09. The van der Waals surface area contributed by atoms with Crippen LogP contribution in [0.15, 0.2) is 35.6 Å². The Hall–Kier alpha value is -2.68. The van der Waals surface area contributed by atoms with Crippen molar-refractivity contribution in [2.24, 2.45) is 0 Å². The maximum atomic E-state index is 13.0. The van der Waals surface area contributed by atoms with E-state index in [2.05, 4.69) is 39.5 Å². The van der Waals surface area contributed by atoms with E-state index in [4.69, 9.17) is 0 Å². The maximum Gasteiger partial charge on any atom is 0.251 e. The van der Waals surface area contributed by atoms with Gasteiger partial charge in [0.15, 0.2) is 10.8 Å². The molecule has 0 aliphatic heterocycles. The Balaban J connectivity index is 1.72. The number of nitrogens with zero attached hydrogens (tertiary/aromatic N) is 4. The fourth-order valence-electron chi connectivity index (χ4n) is 2.71. The number of rotatable bonds is 10. The Morgan fingerprint density at radius 3 is 2.66 bits per heavy atom. The first-order valence-electron chi connectivity index (χ1n) is 9.76. The van der Waals surface area contributed by atoms with Crippen LogP contribution in [0.2, 0.25) is 0 Å². The SMILES string of the molecule is CCCNc1nc(SCCC)nc2c1cnn2CCNC(=O)c1ccc(F)cc1. The molecule has 0 spiro atoms. The molecule has 2 heterocycles. The molecule has 154 valence electrons. The van der Waals surface area contributed by atoms with Crippen LogP contribution in [-0.2, 0) is 6.54 Å². The molecule has 2 N–H and O–H groups in total. The summed E-state index contributed by atoms with van der Waals surface area (Å²) < 4.78 is 14.8. The van der Waals surface area contributed by atoms with Gasteiger partial charge in [0.05, 0.1) is 18.1 Å². The van der Waals surface area contributed by atoms with E-state index < -0.39 is 0 Å². The second-order valence-electron chi connectivity index (χ2n) is 6.50. The number of aromatic nitrogens is 4. The van der Waals surface area contributed by atoms with E-state index in [1.165, 1.54) is 24.3 Å². The summed E-state index contributed by atoms with van der Waals surface area (Å²) in [4.78, 5) is 21.5. The minimum Gasteiger partial charge on any atom is -0.369 e. The molecule has 0 saturated carbocycles. The van der Waals surface area contributed by atoms with E-state index in [-0.39, 0.29) is 11.7 Å². The molecule has 3 rings (SSSR count). The smallest absolute Gasteiger partial charge is 0.251 e. The second-order valence-corrected chi connectivity index (χ2v) is 7.56. The minimum absolute atomic E-state index is 0.249. The van der Waals surface area contributed by atoms with Crippen LogP contribution < -0.4 is 10.6 Å². The molecule has 7 nitrogen and oxygen atoms in total. The van der Waals surface area contributed by atoms with Gasteiger partial charge in [-0.3, -0.25) is 4.79 Å². The van der Waals surface area contributed by atoms with E-state index in [0.29, 0.717) is 18.7 Å². The summed E-state index contributed by atoms with van der Waals surface area (Å²) in [6, 6.07) is 5.47. The summed E-state index contributed by atoms with van der Waals surface area (Å²) in [5.74, 6) is 1.12. The third-order valence-corrected chi connectivity index (χ3v) is 5.22. The van der Waals surface area contributed by atoms with Gasteiger partial charge >= 0.3 is 0 Å². The zero-order valence-electron chi connectivity index (χ0n) is 16.6. The Labute approximate surface area is 173 Å². The summed E-state index contributed by atoms with van der Waals surface area (Å²) in [5, 5.41) is 12.2. The van der Waals surface area contributed by atoms with Crippen molar-refractivity contribution in [2.75, 3.05) is 24.2 Å². The Kier molecular flexibility index (Phi) is 7.40. The molecule has 0 aliphatic carbocycles. The molecule has 0 aliphatic rings. The molecule has 2 aromatic heterocycles. The van der Waals surface area contributed by atoms with Gasteiger partial charge in [0.2, 0.25) is 0 Å². The summed E-state index contributed by atoms with van der Waals surface area (Å²) in [5.41, 5.74) is 1.16. The molecular weight excluding hydrogens is 391 g/mol. The first-order valence-corrected chi connectivity index (χ1v) is 10.7. The van der Waals surface area contributed by atoms with Crippen molar-refractivity contribution >= 4 is 34.5 Å². The van der Waals surface area contributed by atoms with Crippen molar-refractivity contribution in [1.29, 1.82) is 0 Å². The van der Waals surface area contributed by atoms with Crippen LogP contribution in [0.4, 0.5) is 10.2 Å². The fourth-order valence-corrected chi connectivity index (χ4v) is 3.41. The molecule has 0 bridgehead atoms. The number of benzene rings is 1. The van der Waals surface area contributed by atoms with E-state index in [9.17, 15) is 9.18 Å². The third-order valence-electron chi connectivity index (χ3n) is 4.17. The van der Waals surface area contributed by atoms with Crippen molar-refractivity contribution < 1.29 is 9.18 Å². The molecule has 0 atom stereocenters. The Bertz CT molecular complexity index is 960. The summed E-state index contributed by atoms with van der Waals surface area (Å²) in [7, 11) is 0. The van der Waals surface area contributed by atoms with Gasteiger partial charge in [-0.05, 0) is 37.1 Å². The maximum absolute atomic E-state index is 13.0. The van der Waals surface area contributed by atoms with Crippen molar-refractivity contribution in [1.82, 2.24) is 25.1 Å². The normalized spacial score (nSPS) is 11.0. The monoisotopic (exact) mass is 416 g/mol. The largest absolute Gasteiger partial charge is 0.369 e. The van der Waals surface area contributed by atoms with Crippen LogP contribution in [0.25, 0.3) is 11.0 Å². The zero-order valence-corrected chi connectivity index (χ0v) is 17.4. The quantitative estimate of drug-likeness (QED) is 0.387. The third kappa shape index (κ3) is 5.44. The number of thioether (sulfide) groups is 1. The highest BCUT2D eigenvalue weighted by Crippen LogP contribution is 2.24. The number of amides is 1. The van der Waals surface area contributed by atoms with Gasteiger partial charge in [-0.15, -0.1) is 0 Å². The van der Waals surface area contributed by atoms with Crippen molar-refractivity contribution in [3.63, 3.8) is 0 Å². The van der Waals surface area contributed by atoms with Gasteiger partial charge in [-0.1, -0.05) is 25.6 Å². The number of anilines is 1. The highest BCUT2D eigenvalue weighted by molar-refractivity contribution is 7.99. The predicted molar refractivity (Wildman–Crippen MR) is 114 cm³/mol. The molecule has 0 saturated heterocycles. The topological polar surface area (TPSA) is 84.7 Å². The van der Waals surface area contributed by atoms with Crippen LogP contribution >= 0.6 is 11.8 Å². The lowest BCUT2D eigenvalue weighted by molar-refractivity contribution is 0.0952. The molecule has 0 radical (unpaired) electrons. The van der Waals surface area contributed by atoms with Gasteiger partial charge in [0.1, 0.15) is 11.6 Å². The number of carbonyl (C=O) groups excluding carboxylic acids is 1. The average Bonchev–Trinajstić information content (AvgIpc) is 3.14. The zero-order chi connectivity index (χ0) is 20.6. The van der Waals surface area contributed by atoms with Crippen LogP contribution in [0.1, 0.15) is 37.0 Å². The van der Waals surface area contributed by atoms with E-state index in [1.807, 2.05) is 0 Å². The lowest BCUT2D eigenvalue weighted by Crippen LogP contribution is -2.27. The predicted octanol–water partition coefficient (Wildman–Crippen LogP) is 3.72. The van der Waals surface area contributed by atoms with Gasteiger partial charge in [-0.2, -0.15) is 5.10 Å². The van der Waals surface area contributed by atoms with E-state index in [1.54, 1.807) is 22.6 Å². The Morgan fingerprint density at radius 1 is 1.14 bits per heavy atom. The first kappa shape index (κ1) is 21.0. The molecule has 9 heteroatoms. The van der Waals surface area contributed by atoms with Gasteiger partial charge in [0, 0.05) is 24.4 Å². The minimum atomic E-state index is -0.367. The molecular formula is C20H25FN6OS. The summed E-state index contributed by atoms with van der Waals surface area (Å²) in [6.45, 7) is 5.90. The summed E-state index contributed by atoms with van der Waals surface area (Å²) in [6.07, 6.45) is 3.79. The van der Waals surface area contributed by atoms with Crippen molar-refractivity contribution in [3.8, 4) is 0 Å². The molecule has 3 aromatic rings. The van der Waals surface area contributed by atoms with Crippen LogP contribution in [0.5, 0.6) is 0 Å². The van der Waals surface area contributed by atoms with Gasteiger partial charge in [0.25, 0.3) is 5.91 Å².